The normalized spacial score (nSPS) is 24.1. The Morgan fingerprint density at radius 2 is 2.00 bits per heavy atom. The first kappa shape index (κ1) is 17.6. The van der Waals surface area contributed by atoms with Gasteiger partial charge in [-0.3, -0.25) is 5.10 Å². The van der Waals surface area contributed by atoms with Gasteiger partial charge in [-0.25, -0.2) is 0 Å². The van der Waals surface area contributed by atoms with Crippen LogP contribution in [0.5, 0.6) is 0 Å². The Balaban J connectivity index is 1.36. The first-order valence-electron chi connectivity index (χ1n) is 10.4. The lowest BCUT2D eigenvalue weighted by Gasteiger charge is -2.34. The molecule has 0 saturated carbocycles. The average Bonchev–Trinajstić information content (AvgIpc) is 3.25. The minimum absolute atomic E-state index is 0.294. The average molecular weight is 376 g/mol. The van der Waals surface area contributed by atoms with Gasteiger partial charge in [0.05, 0.1) is 11.7 Å². The van der Waals surface area contributed by atoms with Crippen molar-refractivity contribution < 1.29 is 0 Å². The Kier molecular flexibility index (Phi) is 4.27. The van der Waals surface area contributed by atoms with Crippen LogP contribution in [-0.4, -0.2) is 54.4 Å². The number of nitrogens with one attached hydrogen (secondary N) is 2. The van der Waals surface area contributed by atoms with Crippen LogP contribution in [0, 0.1) is 5.92 Å². The number of allylic oxidation sites excluding steroid dienone is 2. The zero-order valence-electron chi connectivity index (χ0n) is 17.0. The van der Waals surface area contributed by atoms with E-state index in [0.717, 1.165) is 38.4 Å². The molecule has 146 valence electrons. The highest BCUT2D eigenvalue weighted by Crippen LogP contribution is 2.41. The number of piperazine rings is 1. The summed E-state index contributed by atoms with van der Waals surface area (Å²) in [6, 6.07) is 7.22. The molecule has 0 bridgehead atoms. The molecule has 2 aromatic rings. The van der Waals surface area contributed by atoms with Gasteiger partial charge in [0.25, 0.3) is 0 Å². The number of rotatable bonds is 3. The lowest BCUT2D eigenvalue weighted by Crippen LogP contribution is -2.44. The predicted octanol–water partition coefficient (Wildman–Crippen LogP) is 3.67. The molecule has 2 aliphatic carbocycles. The molecule has 1 saturated heterocycles. The minimum atomic E-state index is 0.294. The fourth-order valence-corrected chi connectivity index (χ4v) is 4.56. The maximum absolute atomic E-state index is 4.61. The number of anilines is 2. The van der Waals surface area contributed by atoms with Crippen LogP contribution in [-0.2, 0) is 6.42 Å². The van der Waals surface area contributed by atoms with Crippen molar-refractivity contribution in [3.63, 3.8) is 0 Å². The monoisotopic (exact) mass is 375 g/mol. The van der Waals surface area contributed by atoms with Crippen molar-refractivity contribution in [2.45, 2.75) is 26.3 Å². The first-order chi connectivity index (χ1) is 13.6. The van der Waals surface area contributed by atoms with Gasteiger partial charge in [0.15, 0.2) is 5.82 Å². The molecule has 2 atom stereocenters. The molecule has 0 spiro atoms. The molecule has 28 heavy (non-hydrogen) atoms. The third-order valence-corrected chi connectivity index (χ3v) is 6.70. The Bertz CT molecular complexity index is 946. The van der Waals surface area contributed by atoms with Crippen molar-refractivity contribution in [1.29, 1.82) is 0 Å². The van der Waals surface area contributed by atoms with Gasteiger partial charge in [-0.1, -0.05) is 36.8 Å². The molecule has 5 nitrogen and oxygen atoms in total. The predicted molar refractivity (Wildman–Crippen MR) is 116 cm³/mol. The van der Waals surface area contributed by atoms with Gasteiger partial charge in [-0.2, -0.15) is 5.10 Å². The molecular formula is C23H29N5. The van der Waals surface area contributed by atoms with Crippen LogP contribution in [0.1, 0.15) is 25.0 Å². The fraction of sp³-hybridized carbons (Fsp3) is 0.435. The lowest BCUT2D eigenvalue weighted by atomic mass is 9.90. The van der Waals surface area contributed by atoms with Crippen LogP contribution in [0.4, 0.5) is 11.5 Å². The van der Waals surface area contributed by atoms with Crippen LogP contribution in [0.2, 0.25) is 0 Å². The Labute approximate surface area is 167 Å². The molecule has 1 aliphatic heterocycles. The summed E-state index contributed by atoms with van der Waals surface area (Å²) in [6.07, 6.45) is 7.54. The van der Waals surface area contributed by atoms with Gasteiger partial charge in [0.1, 0.15) is 0 Å². The second-order valence-electron chi connectivity index (χ2n) is 8.49. The van der Waals surface area contributed by atoms with E-state index in [2.05, 4.69) is 82.6 Å². The third-order valence-electron chi connectivity index (χ3n) is 6.70. The van der Waals surface area contributed by atoms with Gasteiger partial charge in [0.2, 0.25) is 0 Å². The van der Waals surface area contributed by atoms with Crippen molar-refractivity contribution in [1.82, 2.24) is 15.1 Å². The van der Waals surface area contributed by atoms with Crippen molar-refractivity contribution in [2.75, 3.05) is 43.4 Å². The molecule has 5 rings (SSSR count). The zero-order valence-corrected chi connectivity index (χ0v) is 17.0. The van der Waals surface area contributed by atoms with E-state index >= 15 is 0 Å². The Morgan fingerprint density at radius 3 is 2.82 bits per heavy atom. The van der Waals surface area contributed by atoms with E-state index in [9.17, 15) is 0 Å². The number of H-pyrrole nitrogens is 1. The molecule has 1 aromatic carbocycles. The maximum Gasteiger partial charge on any atom is 0.152 e. The van der Waals surface area contributed by atoms with Crippen LogP contribution >= 0.6 is 0 Å². The fourth-order valence-electron chi connectivity index (χ4n) is 4.56. The highest BCUT2D eigenvalue weighted by molar-refractivity contribution is 5.80. The standard InChI is InChI=1S/C23H29N5/c1-15-5-4-6-21(16(15)2)24-23-20-14-17-13-18(28-11-9-27(3)10-12-28)7-8-19(17)22(20)25-26-23/h4-8,13,16,21H,9-12,14H2,1-3H3,(H2,24,25,26). The van der Waals surface area contributed by atoms with Gasteiger partial charge < -0.3 is 15.1 Å². The molecule has 5 heteroatoms. The Morgan fingerprint density at radius 1 is 1.18 bits per heavy atom. The van der Waals surface area contributed by atoms with Crippen LogP contribution < -0.4 is 10.2 Å². The number of hydrogen-bond donors (Lipinski definition) is 2. The van der Waals surface area contributed by atoms with Crippen LogP contribution in [0.25, 0.3) is 11.3 Å². The van der Waals surface area contributed by atoms with Crippen LogP contribution in [0.15, 0.2) is 42.0 Å². The summed E-state index contributed by atoms with van der Waals surface area (Å²) in [5, 5.41) is 11.6. The highest BCUT2D eigenvalue weighted by atomic mass is 15.2. The molecule has 1 fully saturated rings. The summed E-state index contributed by atoms with van der Waals surface area (Å²) in [6.45, 7) is 8.95. The third kappa shape index (κ3) is 2.94. The zero-order chi connectivity index (χ0) is 19.3. The van der Waals surface area contributed by atoms with Gasteiger partial charge in [0, 0.05) is 55.3 Å². The van der Waals surface area contributed by atoms with E-state index in [0.29, 0.717) is 12.0 Å². The number of nitrogens with zero attached hydrogens (tertiary/aromatic N) is 3. The number of fused-ring (bicyclic) bond motifs is 3. The van der Waals surface area contributed by atoms with E-state index in [1.165, 1.54) is 33.6 Å². The largest absolute Gasteiger partial charge is 0.369 e. The number of aromatic nitrogens is 2. The van der Waals surface area contributed by atoms with E-state index in [1.54, 1.807) is 0 Å². The summed E-state index contributed by atoms with van der Waals surface area (Å²) in [5.74, 6) is 1.48. The van der Waals surface area contributed by atoms with E-state index in [1.807, 2.05) is 0 Å². The molecule has 2 unspecified atom stereocenters. The second-order valence-corrected chi connectivity index (χ2v) is 8.49. The summed E-state index contributed by atoms with van der Waals surface area (Å²) in [5.41, 5.74) is 7.96. The van der Waals surface area contributed by atoms with Crippen molar-refractivity contribution in [3.05, 3.63) is 53.1 Å². The number of benzene rings is 1. The Hall–Kier alpha value is -2.53. The summed E-state index contributed by atoms with van der Waals surface area (Å²) >= 11 is 0. The smallest absolute Gasteiger partial charge is 0.152 e. The topological polar surface area (TPSA) is 47.2 Å². The van der Waals surface area contributed by atoms with Crippen molar-refractivity contribution in [2.24, 2.45) is 5.92 Å². The van der Waals surface area contributed by atoms with Gasteiger partial charge in [-0.05, 0) is 31.7 Å². The minimum Gasteiger partial charge on any atom is -0.369 e. The second kappa shape index (κ2) is 6.82. The summed E-state index contributed by atoms with van der Waals surface area (Å²) in [4.78, 5) is 4.91. The quantitative estimate of drug-likeness (QED) is 0.733. The SMILES string of the molecule is CC1=CC=CC(Nc2n[nH]c3c2Cc2cc(N4CCN(C)CC4)ccc2-3)C1C. The lowest BCUT2D eigenvalue weighted by molar-refractivity contribution is 0.313. The van der Waals surface area contributed by atoms with E-state index < -0.39 is 0 Å². The molecule has 0 radical (unpaired) electrons. The molecule has 2 N–H and O–H groups in total. The summed E-state index contributed by atoms with van der Waals surface area (Å²) in [7, 11) is 2.20. The van der Waals surface area contributed by atoms with Crippen LogP contribution in [0.3, 0.4) is 0 Å². The van der Waals surface area contributed by atoms with Gasteiger partial charge >= 0.3 is 0 Å². The van der Waals surface area contributed by atoms with Crippen molar-refractivity contribution >= 4 is 11.5 Å². The number of hydrogen-bond acceptors (Lipinski definition) is 4. The van der Waals surface area contributed by atoms with Gasteiger partial charge in [-0.15, -0.1) is 0 Å². The van der Waals surface area contributed by atoms with Crippen molar-refractivity contribution in [3.8, 4) is 11.3 Å². The molecular weight excluding hydrogens is 346 g/mol. The molecule has 3 aliphatic rings. The van der Waals surface area contributed by atoms with E-state index in [4.69, 9.17) is 0 Å². The maximum atomic E-state index is 4.61. The van der Waals surface area contributed by atoms with E-state index in [-0.39, 0.29) is 0 Å². The summed E-state index contributed by atoms with van der Waals surface area (Å²) < 4.78 is 0. The number of aromatic amines is 1. The molecule has 0 amide bonds. The molecule has 1 aromatic heterocycles. The highest BCUT2D eigenvalue weighted by Gasteiger charge is 2.28. The number of likely N-dealkylation sites (N-methyl/N-ethyl adjacent to an activating group) is 1. The first-order valence-corrected chi connectivity index (χ1v) is 10.4. The molecule has 2 heterocycles.